The Bertz CT molecular complexity index is 547. The summed E-state index contributed by atoms with van der Waals surface area (Å²) in [5, 5.41) is 3.46. The number of aryl methyl sites for hydroxylation is 1. The van der Waals surface area contributed by atoms with Gasteiger partial charge in [-0.15, -0.1) is 0 Å². The lowest BCUT2D eigenvalue weighted by molar-refractivity contribution is 0.0513. The maximum atomic E-state index is 5.89. The fraction of sp³-hybridized carbons (Fsp3) is 0.294. The fourth-order valence-electron chi connectivity index (χ4n) is 2.53. The van der Waals surface area contributed by atoms with Crippen LogP contribution in [0.1, 0.15) is 22.8 Å². The molecular weight excluding hydrogens is 234 g/mol. The number of fused-ring (bicyclic) bond motifs is 1. The predicted molar refractivity (Wildman–Crippen MR) is 78.5 cm³/mol. The van der Waals surface area contributed by atoms with Crippen molar-refractivity contribution < 1.29 is 4.74 Å². The van der Waals surface area contributed by atoms with Gasteiger partial charge in [-0.25, -0.2) is 0 Å². The van der Waals surface area contributed by atoms with E-state index in [1.807, 2.05) is 0 Å². The van der Waals surface area contributed by atoms with Gasteiger partial charge in [-0.05, 0) is 36.6 Å². The lowest BCUT2D eigenvalue weighted by atomic mass is 9.97. The summed E-state index contributed by atoms with van der Waals surface area (Å²) in [5.74, 6) is 0. The molecule has 1 N–H and O–H groups in total. The molecule has 0 amide bonds. The number of hydrogen-bond donors (Lipinski definition) is 1. The topological polar surface area (TPSA) is 21.3 Å². The third kappa shape index (κ3) is 2.79. The van der Waals surface area contributed by atoms with E-state index in [1.165, 1.54) is 16.7 Å². The Balaban J connectivity index is 1.69. The van der Waals surface area contributed by atoms with E-state index >= 15 is 0 Å². The van der Waals surface area contributed by atoms with Crippen LogP contribution >= 0.6 is 0 Å². The number of anilines is 1. The molecule has 98 valence electrons. The van der Waals surface area contributed by atoms with Gasteiger partial charge in [-0.3, -0.25) is 0 Å². The molecule has 2 heteroatoms. The highest BCUT2D eigenvalue weighted by atomic mass is 16.5. The molecule has 0 aliphatic carbocycles. The van der Waals surface area contributed by atoms with Crippen molar-refractivity contribution in [3.8, 4) is 0 Å². The maximum absolute atomic E-state index is 5.89. The zero-order valence-corrected chi connectivity index (χ0v) is 11.2. The van der Waals surface area contributed by atoms with Crippen LogP contribution in [0.4, 0.5) is 5.69 Å². The van der Waals surface area contributed by atoms with Gasteiger partial charge in [-0.2, -0.15) is 0 Å². The highest BCUT2D eigenvalue weighted by molar-refractivity contribution is 5.45. The van der Waals surface area contributed by atoms with Gasteiger partial charge in [-0.1, -0.05) is 42.0 Å². The van der Waals surface area contributed by atoms with Crippen molar-refractivity contribution in [2.24, 2.45) is 0 Å². The van der Waals surface area contributed by atoms with E-state index in [4.69, 9.17) is 4.74 Å². The van der Waals surface area contributed by atoms with Gasteiger partial charge in [0.05, 0.1) is 12.7 Å². The van der Waals surface area contributed by atoms with Crippen LogP contribution in [0.5, 0.6) is 0 Å². The molecule has 1 aliphatic rings. The van der Waals surface area contributed by atoms with Gasteiger partial charge in [0.2, 0.25) is 0 Å². The molecule has 1 aliphatic heterocycles. The number of benzene rings is 2. The Kier molecular flexibility index (Phi) is 3.51. The molecule has 1 unspecified atom stereocenters. The molecule has 2 nitrogen and oxygen atoms in total. The summed E-state index contributed by atoms with van der Waals surface area (Å²) in [4.78, 5) is 0. The molecule has 0 saturated heterocycles. The Labute approximate surface area is 114 Å². The summed E-state index contributed by atoms with van der Waals surface area (Å²) in [6.07, 6.45) is 1.18. The molecular formula is C17H19NO. The van der Waals surface area contributed by atoms with Crippen LogP contribution in [0, 0.1) is 6.92 Å². The van der Waals surface area contributed by atoms with Gasteiger partial charge in [0.1, 0.15) is 0 Å². The third-order valence-corrected chi connectivity index (χ3v) is 3.64. The summed E-state index contributed by atoms with van der Waals surface area (Å²) in [5.41, 5.74) is 5.18. The molecule has 2 aromatic rings. The summed E-state index contributed by atoms with van der Waals surface area (Å²) >= 11 is 0. The highest BCUT2D eigenvalue weighted by Crippen LogP contribution is 2.27. The molecule has 1 heterocycles. The summed E-state index contributed by atoms with van der Waals surface area (Å²) in [6, 6.07) is 17.1. The number of nitrogens with one attached hydrogen (secondary N) is 1. The molecule has 0 radical (unpaired) electrons. The van der Waals surface area contributed by atoms with Crippen molar-refractivity contribution in [2.75, 3.05) is 18.5 Å². The molecule has 3 rings (SSSR count). The Morgan fingerprint density at radius 1 is 1.11 bits per heavy atom. The van der Waals surface area contributed by atoms with E-state index in [-0.39, 0.29) is 6.10 Å². The number of rotatable bonds is 3. The molecule has 1 atom stereocenters. The van der Waals surface area contributed by atoms with E-state index in [9.17, 15) is 0 Å². The fourth-order valence-corrected chi connectivity index (χ4v) is 2.53. The van der Waals surface area contributed by atoms with Gasteiger partial charge >= 0.3 is 0 Å². The van der Waals surface area contributed by atoms with E-state index in [0.29, 0.717) is 0 Å². The molecule has 0 saturated carbocycles. The van der Waals surface area contributed by atoms with Crippen LogP contribution in [0.2, 0.25) is 0 Å². The summed E-state index contributed by atoms with van der Waals surface area (Å²) < 4.78 is 5.89. The Morgan fingerprint density at radius 3 is 2.74 bits per heavy atom. The van der Waals surface area contributed by atoms with Crippen molar-refractivity contribution in [3.63, 3.8) is 0 Å². The maximum Gasteiger partial charge on any atom is 0.0999 e. The molecule has 0 aromatic heterocycles. The second-order valence-corrected chi connectivity index (χ2v) is 5.06. The Morgan fingerprint density at radius 2 is 1.89 bits per heavy atom. The molecule has 0 spiro atoms. The number of ether oxygens (including phenoxy) is 1. The minimum atomic E-state index is 0.159. The second-order valence-electron chi connectivity index (χ2n) is 5.06. The van der Waals surface area contributed by atoms with E-state index in [0.717, 1.165) is 25.3 Å². The average Bonchev–Trinajstić information content (AvgIpc) is 2.47. The van der Waals surface area contributed by atoms with Crippen molar-refractivity contribution in [3.05, 3.63) is 65.2 Å². The summed E-state index contributed by atoms with van der Waals surface area (Å²) in [7, 11) is 0. The first-order valence-electron chi connectivity index (χ1n) is 6.83. The summed E-state index contributed by atoms with van der Waals surface area (Å²) in [6.45, 7) is 3.74. The van der Waals surface area contributed by atoms with E-state index < -0.39 is 0 Å². The first-order valence-corrected chi connectivity index (χ1v) is 6.83. The zero-order chi connectivity index (χ0) is 13.1. The minimum absolute atomic E-state index is 0.159. The second kappa shape index (κ2) is 5.45. The van der Waals surface area contributed by atoms with Gasteiger partial charge in [0.25, 0.3) is 0 Å². The standard InChI is InChI=1S/C17H19NO/c1-13-6-8-15(9-7-13)18-12-17-16-5-3-2-4-14(16)10-11-19-17/h2-9,17-18H,10-12H2,1H3. The van der Waals surface area contributed by atoms with Crippen molar-refractivity contribution in [1.82, 2.24) is 0 Å². The monoisotopic (exact) mass is 253 g/mol. The largest absolute Gasteiger partial charge is 0.382 e. The minimum Gasteiger partial charge on any atom is -0.382 e. The average molecular weight is 253 g/mol. The lowest BCUT2D eigenvalue weighted by Gasteiger charge is -2.26. The van der Waals surface area contributed by atoms with E-state index in [1.54, 1.807) is 0 Å². The van der Waals surface area contributed by atoms with Crippen molar-refractivity contribution in [2.45, 2.75) is 19.4 Å². The first kappa shape index (κ1) is 12.2. The highest BCUT2D eigenvalue weighted by Gasteiger charge is 2.19. The Hall–Kier alpha value is -1.80. The quantitative estimate of drug-likeness (QED) is 0.900. The SMILES string of the molecule is Cc1ccc(NCC2OCCc3ccccc32)cc1. The normalized spacial score (nSPS) is 17.8. The first-order chi connectivity index (χ1) is 9.33. The van der Waals surface area contributed by atoms with Crippen LogP contribution < -0.4 is 5.32 Å². The van der Waals surface area contributed by atoms with Crippen LogP contribution in [-0.4, -0.2) is 13.2 Å². The van der Waals surface area contributed by atoms with Gasteiger partial charge in [0, 0.05) is 12.2 Å². The van der Waals surface area contributed by atoms with Crippen LogP contribution in [0.25, 0.3) is 0 Å². The van der Waals surface area contributed by atoms with Crippen LogP contribution in [0.15, 0.2) is 48.5 Å². The van der Waals surface area contributed by atoms with Crippen LogP contribution in [-0.2, 0) is 11.2 Å². The zero-order valence-electron chi connectivity index (χ0n) is 11.2. The van der Waals surface area contributed by atoms with Crippen molar-refractivity contribution in [1.29, 1.82) is 0 Å². The molecule has 19 heavy (non-hydrogen) atoms. The van der Waals surface area contributed by atoms with Crippen molar-refractivity contribution >= 4 is 5.69 Å². The molecule has 2 aromatic carbocycles. The smallest absolute Gasteiger partial charge is 0.0999 e. The van der Waals surface area contributed by atoms with Gasteiger partial charge < -0.3 is 10.1 Å². The molecule has 0 bridgehead atoms. The van der Waals surface area contributed by atoms with Crippen LogP contribution in [0.3, 0.4) is 0 Å². The predicted octanol–water partition coefficient (Wildman–Crippen LogP) is 3.72. The van der Waals surface area contributed by atoms with Gasteiger partial charge in [0.15, 0.2) is 0 Å². The van der Waals surface area contributed by atoms with E-state index in [2.05, 4.69) is 60.8 Å². The third-order valence-electron chi connectivity index (χ3n) is 3.64. The number of hydrogen-bond acceptors (Lipinski definition) is 2. The molecule has 0 fully saturated rings. The lowest BCUT2D eigenvalue weighted by Crippen LogP contribution is -2.22.